The van der Waals surface area contributed by atoms with E-state index in [4.69, 9.17) is 12.2 Å². The molecule has 7 nitrogen and oxygen atoms in total. The van der Waals surface area contributed by atoms with Crippen LogP contribution in [-0.4, -0.2) is 39.8 Å². The predicted molar refractivity (Wildman–Crippen MR) is 156 cm³/mol. The Morgan fingerprint density at radius 2 is 1.76 bits per heavy atom. The van der Waals surface area contributed by atoms with Crippen molar-refractivity contribution in [3.05, 3.63) is 107 Å². The molecule has 3 heterocycles. The predicted octanol–water partition coefficient (Wildman–Crippen LogP) is 5.74. The Morgan fingerprint density at radius 3 is 2.39 bits per heavy atom. The monoisotopic (exact) mass is 525 g/mol. The summed E-state index contributed by atoms with van der Waals surface area (Å²) in [5, 5.41) is 13.8. The number of thiocarbonyl (C=S) groups is 1. The van der Waals surface area contributed by atoms with Crippen LogP contribution in [0, 0.1) is 20.8 Å². The third-order valence-corrected chi connectivity index (χ3v) is 7.54. The maximum Gasteiger partial charge on any atom is 0.335 e. The first-order chi connectivity index (χ1) is 18.2. The van der Waals surface area contributed by atoms with Crippen molar-refractivity contribution >= 4 is 34.7 Å². The highest BCUT2D eigenvalue weighted by Gasteiger charge is 2.42. The quantitative estimate of drug-likeness (QED) is 0.311. The Kier molecular flexibility index (Phi) is 6.67. The molecule has 0 saturated carbocycles. The first-order valence-electron chi connectivity index (χ1n) is 12.5. The van der Waals surface area contributed by atoms with E-state index in [0.717, 1.165) is 45.3 Å². The summed E-state index contributed by atoms with van der Waals surface area (Å²) < 4.78 is 2.14. The zero-order valence-corrected chi connectivity index (χ0v) is 23.0. The van der Waals surface area contributed by atoms with Crippen molar-refractivity contribution in [2.24, 2.45) is 0 Å². The number of carboxylic acids is 1. The Balaban J connectivity index is 1.68. The lowest BCUT2D eigenvalue weighted by atomic mass is 9.96. The van der Waals surface area contributed by atoms with E-state index in [1.54, 1.807) is 18.3 Å². The summed E-state index contributed by atoms with van der Waals surface area (Å²) in [4.78, 5) is 20.6. The number of hydrogen-bond acceptors (Lipinski definition) is 4. The normalized spacial score (nSPS) is 17.0. The molecule has 2 atom stereocenters. The zero-order valence-electron chi connectivity index (χ0n) is 22.1. The Labute approximate surface area is 228 Å². The summed E-state index contributed by atoms with van der Waals surface area (Å²) in [6.45, 7) is 6.14. The number of anilines is 2. The van der Waals surface area contributed by atoms with Gasteiger partial charge in [0.05, 0.1) is 23.3 Å². The maximum atomic E-state index is 11.7. The summed E-state index contributed by atoms with van der Waals surface area (Å²) in [6.07, 6.45) is 1.80. The van der Waals surface area contributed by atoms with Crippen LogP contribution in [0.25, 0.3) is 5.69 Å². The van der Waals surface area contributed by atoms with Crippen LogP contribution in [0.5, 0.6) is 0 Å². The molecule has 1 aliphatic heterocycles. The molecular weight excluding hydrogens is 494 g/mol. The van der Waals surface area contributed by atoms with Gasteiger partial charge in [0.15, 0.2) is 5.11 Å². The fourth-order valence-electron chi connectivity index (χ4n) is 5.30. The molecule has 8 heteroatoms. The number of aromatic nitrogens is 2. The minimum atomic E-state index is -0.943. The lowest BCUT2D eigenvalue weighted by molar-refractivity contribution is 0.0697. The fraction of sp³-hybridized carbons (Fsp3) is 0.233. The SMILES string of the molecule is Cc1ccc(C(=O)O)cc1-n1c(C)cc([C@H]2[C@@H](c3ccccn3)NC(=S)N2c2ccc(N(C)C)cc2)c1C. The van der Waals surface area contributed by atoms with Gasteiger partial charge in [0.2, 0.25) is 0 Å². The van der Waals surface area contributed by atoms with Gasteiger partial charge in [-0.2, -0.15) is 0 Å². The highest BCUT2D eigenvalue weighted by Crippen LogP contribution is 2.44. The van der Waals surface area contributed by atoms with Crippen LogP contribution in [-0.2, 0) is 0 Å². The third kappa shape index (κ3) is 4.41. The van der Waals surface area contributed by atoms with E-state index in [2.05, 4.69) is 68.8 Å². The molecule has 0 aliphatic carbocycles. The van der Waals surface area contributed by atoms with Crippen molar-refractivity contribution < 1.29 is 9.90 Å². The number of benzene rings is 2. The van der Waals surface area contributed by atoms with Crippen molar-refractivity contribution in [1.29, 1.82) is 0 Å². The summed E-state index contributed by atoms with van der Waals surface area (Å²) in [7, 11) is 4.04. The molecule has 38 heavy (non-hydrogen) atoms. The molecule has 5 rings (SSSR count). The van der Waals surface area contributed by atoms with E-state index in [-0.39, 0.29) is 17.6 Å². The van der Waals surface area contributed by atoms with Crippen molar-refractivity contribution in [2.75, 3.05) is 23.9 Å². The second kappa shape index (κ2) is 9.95. The molecule has 1 fully saturated rings. The smallest absolute Gasteiger partial charge is 0.335 e. The number of hydrogen-bond donors (Lipinski definition) is 2. The van der Waals surface area contributed by atoms with Gasteiger partial charge in [0.1, 0.15) is 0 Å². The van der Waals surface area contributed by atoms with Gasteiger partial charge in [0, 0.05) is 48.7 Å². The van der Waals surface area contributed by atoms with E-state index in [1.807, 2.05) is 45.3 Å². The molecule has 0 bridgehead atoms. The van der Waals surface area contributed by atoms with E-state index < -0.39 is 5.97 Å². The average molecular weight is 526 g/mol. The van der Waals surface area contributed by atoms with E-state index in [9.17, 15) is 9.90 Å². The number of rotatable bonds is 6. The Morgan fingerprint density at radius 1 is 1.03 bits per heavy atom. The lowest BCUT2D eigenvalue weighted by Gasteiger charge is -2.28. The summed E-state index contributed by atoms with van der Waals surface area (Å²) in [6, 6.07) is 21.4. The first-order valence-corrected chi connectivity index (χ1v) is 12.9. The number of aryl methyl sites for hydroxylation is 2. The number of carbonyl (C=O) groups is 1. The Bertz CT molecular complexity index is 1510. The van der Waals surface area contributed by atoms with Gasteiger partial charge >= 0.3 is 5.97 Å². The topological polar surface area (TPSA) is 73.6 Å². The molecule has 1 aliphatic rings. The fourth-order valence-corrected chi connectivity index (χ4v) is 5.65. The summed E-state index contributed by atoms with van der Waals surface area (Å²) in [5.41, 5.74) is 8.27. The molecular formula is C30H31N5O2S. The first kappa shape index (κ1) is 25.5. The standard InChI is InChI=1S/C30H31N5O2S/c1-18-9-10-21(29(36)37)17-26(18)34-19(2)16-24(20(34)3)28-27(25-8-6-7-15-31-25)32-30(38)35(28)23-13-11-22(12-14-23)33(4)5/h6-17,27-28H,1-5H3,(H,32,38)(H,36,37)/t27-,28+/m1/s1. The number of carboxylic acid groups (broad SMARTS) is 1. The van der Waals surface area contributed by atoms with E-state index in [0.29, 0.717) is 5.11 Å². The van der Waals surface area contributed by atoms with Gasteiger partial charge in [-0.3, -0.25) is 4.98 Å². The number of pyridine rings is 1. The van der Waals surface area contributed by atoms with Gasteiger partial charge < -0.3 is 24.8 Å². The molecule has 1 saturated heterocycles. The number of nitrogens with zero attached hydrogens (tertiary/aromatic N) is 4. The Hall–Kier alpha value is -4.17. The largest absolute Gasteiger partial charge is 0.478 e. The van der Waals surface area contributed by atoms with E-state index >= 15 is 0 Å². The highest BCUT2D eigenvalue weighted by atomic mass is 32.1. The van der Waals surface area contributed by atoms with Crippen molar-refractivity contribution in [1.82, 2.24) is 14.9 Å². The maximum absolute atomic E-state index is 11.7. The van der Waals surface area contributed by atoms with Crippen molar-refractivity contribution in [2.45, 2.75) is 32.9 Å². The molecule has 2 aromatic heterocycles. The third-order valence-electron chi connectivity index (χ3n) is 7.23. The minimum absolute atomic E-state index is 0.162. The van der Waals surface area contributed by atoms with Gasteiger partial charge in [-0.1, -0.05) is 12.1 Å². The highest BCUT2D eigenvalue weighted by molar-refractivity contribution is 7.80. The average Bonchev–Trinajstić information content (AvgIpc) is 3.39. The van der Waals surface area contributed by atoms with Gasteiger partial charge in [-0.05, 0) is 98.7 Å². The molecule has 0 unspecified atom stereocenters. The molecule has 2 N–H and O–H groups in total. The van der Waals surface area contributed by atoms with Crippen LogP contribution in [0.4, 0.5) is 11.4 Å². The molecule has 2 aromatic carbocycles. The number of aromatic carboxylic acids is 1. The summed E-state index contributed by atoms with van der Waals surface area (Å²) >= 11 is 5.91. The van der Waals surface area contributed by atoms with Gasteiger partial charge in [-0.15, -0.1) is 0 Å². The van der Waals surface area contributed by atoms with Crippen LogP contribution >= 0.6 is 12.2 Å². The molecule has 0 radical (unpaired) electrons. The van der Waals surface area contributed by atoms with E-state index in [1.165, 1.54) is 0 Å². The second-order valence-corrected chi connectivity index (χ2v) is 10.3. The number of nitrogens with one attached hydrogen (secondary N) is 1. The van der Waals surface area contributed by atoms with Crippen molar-refractivity contribution in [3.63, 3.8) is 0 Å². The summed E-state index contributed by atoms with van der Waals surface area (Å²) in [5.74, 6) is -0.943. The van der Waals surface area contributed by atoms with Gasteiger partial charge in [0.25, 0.3) is 0 Å². The lowest BCUT2D eigenvalue weighted by Crippen LogP contribution is -2.29. The van der Waals surface area contributed by atoms with Gasteiger partial charge in [-0.25, -0.2) is 4.79 Å². The van der Waals surface area contributed by atoms with Crippen LogP contribution in [0.3, 0.4) is 0 Å². The van der Waals surface area contributed by atoms with Crippen LogP contribution in [0.2, 0.25) is 0 Å². The zero-order chi connectivity index (χ0) is 27.1. The van der Waals surface area contributed by atoms with Crippen LogP contribution < -0.4 is 15.1 Å². The molecule has 194 valence electrons. The molecule has 0 spiro atoms. The van der Waals surface area contributed by atoms with Crippen LogP contribution in [0.1, 0.15) is 50.7 Å². The molecule has 4 aromatic rings. The second-order valence-electron chi connectivity index (χ2n) is 9.88. The van der Waals surface area contributed by atoms with Crippen LogP contribution in [0.15, 0.2) is 72.9 Å². The van der Waals surface area contributed by atoms with Crippen molar-refractivity contribution in [3.8, 4) is 5.69 Å². The minimum Gasteiger partial charge on any atom is -0.478 e. The molecule has 0 amide bonds.